The van der Waals surface area contributed by atoms with Crippen LogP contribution in [0.4, 0.5) is 0 Å². The molecule has 17 heavy (non-hydrogen) atoms. The van der Waals surface area contributed by atoms with Crippen LogP contribution in [0.25, 0.3) is 0 Å². The highest BCUT2D eigenvalue weighted by molar-refractivity contribution is 5.92. The Morgan fingerprint density at radius 3 is 2.88 bits per heavy atom. The van der Waals surface area contributed by atoms with Crippen LogP contribution in [-0.4, -0.2) is 36.3 Å². The summed E-state index contributed by atoms with van der Waals surface area (Å²) in [7, 11) is 1.72. The number of aryl methyl sites for hydroxylation is 2. The van der Waals surface area contributed by atoms with E-state index in [4.69, 9.17) is 0 Å². The van der Waals surface area contributed by atoms with E-state index in [2.05, 4.69) is 31.0 Å². The maximum Gasteiger partial charge on any atom is 0.270 e. The summed E-state index contributed by atoms with van der Waals surface area (Å²) in [6.07, 6.45) is 0. The van der Waals surface area contributed by atoms with Gasteiger partial charge in [0.2, 0.25) is 0 Å². The van der Waals surface area contributed by atoms with E-state index in [0.717, 1.165) is 5.69 Å². The molecule has 0 aliphatic heterocycles. The van der Waals surface area contributed by atoms with Crippen molar-refractivity contribution in [2.24, 2.45) is 7.05 Å². The van der Waals surface area contributed by atoms with Crippen LogP contribution < -0.4 is 5.32 Å². The number of amides is 1. The van der Waals surface area contributed by atoms with Crippen molar-refractivity contribution < 1.29 is 4.79 Å². The van der Waals surface area contributed by atoms with Gasteiger partial charge in [-0.2, -0.15) is 10.3 Å². The molecule has 0 fully saturated rings. The number of nitrogens with one attached hydrogen (secondary N) is 2. The van der Waals surface area contributed by atoms with Gasteiger partial charge in [-0.1, -0.05) is 5.21 Å². The fraction of sp³-hybridized carbons (Fsp3) is 0.444. The first-order valence-electron chi connectivity index (χ1n) is 5.13. The van der Waals surface area contributed by atoms with Gasteiger partial charge in [0.25, 0.3) is 5.91 Å². The minimum Gasteiger partial charge on any atom is -0.341 e. The zero-order valence-electron chi connectivity index (χ0n) is 9.80. The summed E-state index contributed by atoms with van der Waals surface area (Å²) >= 11 is 0. The second-order valence-corrected chi connectivity index (χ2v) is 3.76. The van der Waals surface area contributed by atoms with Gasteiger partial charge in [0.1, 0.15) is 5.69 Å². The van der Waals surface area contributed by atoms with E-state index in [1.54, 1.807) is 20.0 Å². The highest BCUT2D eigenvalue weighted by atomic mass is 16.2. The van der Waals surface area contributed by atoms with E-state index in [0.29, 0.717) is 11.5 Å². The number of aromatic nitrogens is 6. The molecule has 0 aliphatic rings. The predicted octanol–water partition coefficient (Wildman–Crippen LogP) is -0.267. The molecule has 0 radical (unpaired) electrons. The molecule has 90 valence electrons. The van der Waals surface area contributed by atoms with Crippen molar-refractivity contribution in [3.8, 4) is 0 Å². The van der Waals surface area contributed by atoms with E-state index >= 15 is 0 Å². The molecule has 8 nitrogen and oxygen atoms in total. The number of H-pyrrole nitrogens is 1. The molecule has 0 aromatic carbocycles. The molecule has 2 aromatic rings. The second kappa shape index (κ2) is 4.32. The quantitative estimate of drug-likeness (QED) is 0.762. The SMILES string of the molecule is Cc1cc(C(=O)NC(C)c2nn[nH]n2)n(C)n1. The Balaban J connectivity index is 2.09. The van der Waals surface area contributed by atoms with Crippen molar-refractivity contribution in [2.75, 3.05) is 0 Å². The number of hydrogen-bond acceptors (Lipinski definition) is 5. The number of tetrazole rings is 1. The fourth-order valence-corrected chi connectivity index (χ4v) is 1.51. The third-order valence-electron chi connectivity index (χ3n) is 2.33. The van der Waals surface area contributed by atoms with Crippen LogP contribution in [0.3, 0.4) is 0 Å². The normalized spacial score (nSPS) is 12.4. The Hall–Kier alpha value is -2.25. The summed E-state index contributed by atoms with van der Waals surface area (Å²) in [5.41, 5.74) is 1.29. The summed E-state index contributed by atoms with van der Waals surface area (Å²) in [5, 5.41) is 20.3. The summed E-state index contributed by atoms with van der Waals surface area (Å²) in [4.78, 5) is 11.9. The maximum absolute atomic E-state index is 11.9. The third-order valence-corrected chi connectivity index (χ3v) is 2.33. The average Bonchev–Trinajstić information content (AvgIpc) is 2.87. The van der Waals surface area contributed by atoms with Crippen molar-refractivity contribution in [3.05, 3.63) is 23.3 Å². The van der Waals surface area contributed by atoms with Crippen molar-refractivity contribution in [1.29, 1.82) is 0 Å². The number of aromatic amines is 1. The molecule has 0 saturated carbocycles. The van der Waals surface area contributed by atoms with Crippen LogP contribution in [0.5, 0.6) is 0 Å². The van der Waals surface area contributed by atoms with Gasteiger partial charge < -0.3 is 5.32 Å². The highest BCUT2D eigenvalue weighted by Crippen LogP contribution is 2.07. The molecule has 0 saturated heterocycles. The molecule has 2 aromatic heterocycles. The van der Waals surface area contributed by atoms with Crippen molar-refractivity contribution >= 4 is 5.91 Å². The molecule has 2 rings (SSSR count). The zero-order chi connectivity index (χ0) is 12.4. The Morgan fingerprint density at radius 1 is 1.59 bits per heavy atom. The van der Waals surface area contributed by atoms with E-state index in [9.17, 15) is 4.79 Å². The van der Waals surface area contributed by atoms with Gasteiger partial charge in [0, 0.05) is 7.05 Å². The average molecular weight is 235 g/mol. The lowest BCUT2D eigenvalue weighted by Gasteiger charge is -2.09. The first-order valence-corrected chi connectivity index (χ1v) is 5.13. The molecule has 1 amide bonds. The van der Waals surface area contributed by atoms with Gasteiger partial charge in [0.05, 0.1) is 11.7 Å². The molecule has 0 bridgehead atoms. The van der Waals surface area contributed by atoms with Crippen molar-refractivity contribution in [1.82, 2.24) is 35.7 Å². The van der Waals surface area contributed by atoms with E-state index in [1.165, 1.54) is 4.68 Å². The second-order valence-electron chi connectivity index (χ2n) is 3.76. The molecular weight excluding hydrogens is 222 g/mol. The Morgan fingerprint density at radius 2 is 2.35 bits per heavy atom. The van der Waals surface area contributed by atoms with Crippen LogP contribution in [0.15, 0.2) is 6.07 Å². The molecule has 1 unspecified atom stereocenters. The minimum atomic E-state index is -0.309. The smallest absolute Gasteiger partial charge is 0.270 e. The van der Waals surface area contributed by atoms with Crippen LogP contribution >= 0.6 is 0 Å². The molecule has 1 atom stereocenters. The first-order chi connectivity index (χ1) is 8.08. The Bertz CT molecular complexity index is 515. The van der Waals surface area contributed by atoms with Crippen LogP contribution in [-0.2, 0) is 7.05 Å². The van der Waals surface area contributed by atoms with Crippen molar-refractivity contribution in [2.45, 2.75) is 19.9 Å². The largest absolute Gasteiger partial charge is 0.341 e. The molecule has 0 aliphatic carbocycles. The van der Waals surface area contributed by atoms with Crippen LogP contribution in [0, 0.1) is 6.92 Å². The van der Waals surface area contributed by atoms with E-state index in [-0.39, 0.29) is 11.9 Å². The van der Waals surface area contributed by atoms with Crippen LogP contribution in [0.1, 0.15) is 35.0 Å². The lowest BCUT2D eigenvalue weighted by Crippen LogP contribution is -2.29. The minimum absolute atomic E-state index is 0.217. The van der Waals surface area contributed by atoms with E-state index in [1.807, 2.05) is 6.92 Å². The van der Waals surface area contributed by atoms with Gasteiger partial charge in [-0.05, 0) is 19.9 Å². The lowest BCUT2D eigenvalue weighted by atomic mass is 10.3. The summed E-state index contributed by atoms with van der Waals surface area (Å²) < 4.78 is 1.54. The van der Waals surface area contributed by atoms with Gasteiger partial charge in [-0.15, -0.1) is 10.2 Å². The number of nitrogens with zero attached hydrogens (tertiary/aromatic N) is 5. The number of carbonyl (C=O) groups excluding carboxylic acids is 1. The van der Waals surface area contributed by atoms with Gasteiger partial charge in [0.15, 0.2) is 5.82 Å². The Labute approximate surface area is 97.4 Å². The number of rotatable bonds is 3. The summed E-state index contributed by atoms with van der Waals surface area (Å²) in [6.45, 7) is 3.62. The topological polar surface area (TPSA) is 101 Å². The standard InChI is InChI=1S/C9H13N7O/c1-5-4-7(16(3)13-5)9(17)10-6(2)8-11-14-15-12-8/h4,6H,1-3H3,(H,10,17)(H,11,12,14,15). The molecule has 2 heterocycles. The monoisotopic (exact) mass is 235 g/mol. The van der Waals surface area contributed by atoms with Gasteiger partial charge in [-0.3, -0.25) is 9.48 Å². The highest BCUT2D eigenvalue weighted by Gasteiger charge is 2.17. The Kier molecular flexibility index (Phi) is 2.86. The summed E-state index contributed by atoms with van der Waals surface area (Å²) in [6, 6.07) is 1.41. The van der Waals surface area contributed by atoms with Crippen molar-refractivity contribution in [3.63, 3.8) is 0 Å². The lowest BCUT2D eigenvalue weighted by molar-refractivity contribution is 0.0929. The van der Waals surface area contributed by atoms with E-state index < -0.39 is 0 Å². The summed E-state index contributed by atoms with van der Waals surface area (Å²) in [5.74, 6) is 0.225. The number of hydrogen-bond donors (Lipinski definition) is 2. The molecule has 2 N–H and O–H groups in total. The molecule has 8 heteroatoms. The maximum atomic E-state index is 11.9. The first kappa shape index (κ1) is 11.2. The zero-order valence-corrected chi connectivity index (χ0v) is 9.80. The predicted molar refractivity (Wildman–Crippen MR) is 58.0 cm³/mol. The molecular formula is C9H13N7O. The van der Waals surface area contributed by atoms with Crippen LogP contribution in [0.2, 0.25) is 0 Å². The third kappa shape index (κ3) is 2.30. The number of carbonyl (C=O) groups is 1. The fourth-order valence-electron chi connectivity index (χ4n) is 1.51. The van der Waals surface area contributed by atoms with Gasteiger partial charge >= 0.3 is 0 Å². The van der Waals surface area contributed by atoms with Gasteiger partial charge in [-0.25, -0.2) is 0 Å². The molecule has 0 spiro atoms.